The fourth-order valence-corrected chi connectivity index (χ4v) is 3.71. The van der Waals surface area contributed by atoms with Gasteiger partial charge in [0.05, 0.1) is 6.61 Å². The molecule has 0 saturated heterocycles. The summed E-state index contributed by atoms with van der Waals surface area (Å²) in [6.07, 6.45) is 7.55. The number of fused-ring (bicyclic) bond motifs is 1. The number of halogens is 1. The summed E-state index contributed by atoms with van der Waals surface area (Å²) in [5.74, 6) is 2.10. The second-order valence-corrected chi connectivity index (χ2v) is 6.69. The summed E-state index contributed by atoms with van der Waals surface area (Å²) in [5.41, 5.74) is 2.75. The molecule has 1 aliphatic heterocycles. The summed E-state index contributed by atoms with van der Waals surface area (Å²) in [6.45, 7) is 0.847. The Bertz CT molecular complexity index is 456. The third-order valence-corrected chi connectivity index (χ3v) is 4.81. The van der Waals surface area contributed by atoms with Gasteiger partial charge in [-0.1, -0.05) is 15.9 Å². The molecule has 104 valence electrons. The molecule has 1 aliphatic carbocycles. The Balaban J connectivity index is 1.60. The lowest BCUT2D eigenvalue weighted by Crippen LogP contribution is -2.27. The second-order valence-electron chi connectivity index (χ2n) is 5.78. The number of benzene rings is 1. The van der Waals surface area contributed by atoms with Crippen molar-refractivity contribution in [2.45, 2.75) is 44.6 Å². The fraction of sp³-hybridized carbons (Fsp3) is 0.625. The third kappa shape index (κ3) is 3.14. The first-order valence-corrected chi connectivity index (χ1v) is 8.18. The van der Waals surface area contributed by atoms with E-state index in [1.165, 1.54) is 41.3 Å². The first kappa shape index (κ1) is 13.4. The summed E-state index contributed by atoms with van der Waals surface area (Å²) in [6, 6.07) is 5.16. The molecular formula is C16H22BrNO. The summed E-state index contributed by atoms with van der Waals surface area (Å²) >= 11 is 3.62. The maximum atomic E-state index is 5.79. The minimum Gasteiger partial charge on any atom is -0.493 e. The Morgan fingerprint density at radius 3 is 3.00 bits per heavy atom. The molecule has 3 heteroatoms. The standard InChI is InChI=1S/C16H22BrNO/c1-18-15(11-5-6-11)4-2-3-12-9-14(17)10-13-7-8-19-16(12)13/h9-11,15,18H,2-8H2,1H3. The summed E-state index contributed by atoms with van der Waals surface area (Å²) < 4.78 is 6.99. The van der Waals surface area contributed by atoms with Crippen LogP contribution in [0.1, 0.15) is 36.8 Å². The van der Waals surface area contributed by atoms with Gasteiger partial charge in [0.15, 0.2) is 0 Å². The van der Waals surface area contributed by atoms with Crippen LogP contribution in [0.15, 0.2) is 16.6 Å². The summed E-state index contributed by atoms with van der Waals surface area (Å²) in [4.78, 5) is 0. The average Bonchev–Trinajstić information content (AvgIpc) is 3.12. The monoisotopic (exact) mass is 323 g/mol. The molecule has 1 fully saturated rings. The molecular weight excluding hydrogens is 302 g/mol. The fourth-order valence-electron chi connectivity index (χ4n) is 3.16. The van der Waals surface area contributed by atoms with Gasteiger partial charge in [-0.15, -0.1) is 0 Å². The van der Waals surface area contributed by atoms with Gasteiger partial charge in [0.1, 0.15) is 5.75 Å². The van der Waals surface area contributed by atoms with Crippen LogP contribution in [-0.4, -0.2) is 19.7 Å². The van der Waals surface area contributed by atoms with E-state index in [2.05, 4.69) is 40.4 Å². The normalized spacial score (nSPS) is 19.1. The Labute approximate surface area is 124 Å². The van der Waals surface area contributed by atoms with E-state index in [0.717, 1.165) is 37.2 Å². The number of hydrogen-bond donors (Lipinski definition) is 1. The summed E-state index contributed by atoms with van der Waals surface area (Å²) in [7, 11) is 2.10. The van der Waals surface area contributed by atoms with Crippen LogP contribution >= 0.6 is 15.9 Å². The van der Waals surface area contributed by atoms with E-state index >= 15 is 0 Å². The highest BCUT2D eigenvalue weighted by Gasteiger charge is 2.29. The Morgan fingerprint density at radius 1 is 1.42 bits per heavy atom. The van der Waals surface area contributed by atoms with Gasteiger partial charge >= 0.3 is 0 Å². The third-order valence-electron chi connectivity index (χ3n) is 4.35. The maximum absolute atomic E-state index is 5.79. The molecule has 0 amide bonds. The van der Waals surface area contributed by atoms with Crippen molar-refractivity contribution < 1.29 is 4.74 Å². The van der Waals surface area contributed by atoms with Gasteiger partial charge < -0.3 is 10.1 Å². The van der Waals surface area contributed by atoms with Gasteiger partial charge in [0.2, 0.25) is 0 Å². The van der Waals surface area contributed by atoms with E-state index in [4.69, 9.17) is 4.74 Å². The smallest absolute Gasteiger partial charge is 0.125 e. The van der Waals surface area contributed by atoms with Crippen LogP contribution < -0.4 is 10.1 Å². The van der Waals surface area contributed by atoms with Gasteiger partial charge in [-0.3, -0.25) is 0 Å². The maximum Gasteiger partial charge on any atom is 0.125 e. The number of rotatable bonds is 6. The molecule has 0 bridgehead atoms. The van der Waals surface area contributed by atoms with Crippen molar-refractivity contribution in [1.29, 1.82) is 0 Å². The van der Waals surface area contributed by atoms with Crippen LogP contribution in [0.5, 0.6) is 5.75 Å². The molecule has 1 unspecified atom stereocenters. The first-order valence-electron chi connectivity index (χ1n) is 7.39. The first-order chi connectivity index (χ1) is 9.28. The zero-order valence-corrected chi connectivity index (χ0v) is 13.1. The second kappa shape index (κ2) is 5.84. The predicted octanol–water partition coefficient (Wildman–Crippen LogP) is 3.70. The van der Waals surface area contributed by atoms with Crippen LogP contribution in [0, 0.1) is 5.92 Å². The molecule has 0 radical (unpaired) electrons. The van der Waals surface area contributed by atoms with Crippen molar-refractivity contribution in [2.24, 2.45) is 5.92 Å². The van der Waals surface area contributed by atoms with Crippen molar-refractivity contribution in [3.8, 4) is 5.75 Å². The van der Waals surface area contributed by atoms with E-state index in [0.29, 0.717) is 0 Å². The molecule has 0 spiro atoms. The Kier molecular flexibility index (Phi) is 4.13. The molecule has 1 aromatic carbocycles. The topological polar surface area (TPSA) is 21.3 Å². The largest absolute Gasteiger partial charge is 0.493 e. The minimum absolute atomic E-state index is 0.723. The lowest BCUT2D eigenvalue weighted by Gasteiger charge is -2.15. The summed E-state index contributed by atoms with van der Waals surface area (Å²) in [5, 5.41) is 3.47. The van der Waals surface area contributed by atoms with Crippen LogP contribution in [0.4, 0.5) is 0 Å². The van der Waals surface area contributed by atoms with Crippen LogP contribution in [-0.2, 0) is 12.8 Å². The molecule has 1 N–H and O–H groups in total. The van der Waals surface area contributed by atoms with Crippen molar-refractivity contribution in [3.05, 3.63) is 27.7 Å². The molecule has 19 heavy (non-hydrogen) atoms. The average molecular weight is 324 g/mol. The molecule has 1 atom stereocenters. The van der Waals surface area contributed by atoms with Gasteiger partial charge in [0.25, 0.3) is 0 Å². The minimum atomic E-state index is 0.723. The quantitative estimate of drug-likeness (QED) is 0.861. The SMILES string of the molecule is CNC(CCCc1cc(Br)cc2c1OCC2)C1CC1. The molecule has 1 aromatic rings. The van der Waals surface area contributed by atoms with Crippen molar-refractivity contribution in [1.82, 2.24) is 5.32 Å². The number of nitrogens with one attached hydrogen (secondary N) is 1. The highest BCUT2D eigenvalue weighted by molar-refractivity contribution is 9.10. The van der Waals surface area contributed by atoms with Crippen LogP contribution in [0.2, 0.25) is 0 Å². The molecule has 2 nitrogen and oxygen atoms in total. The highest BCUT2D eigenvalue weighted by atomic mass is 79.9. The van der Waals surface area contributed by atoms with Gasteiger partial charge in [-0.2, -0.15) is 0 Å². The van der Waals surface area contributed by atoms with Crippen molar-refractivity contribution in [2.75, 3.05) is 13.7 Å². The van der Waals surface area contributed by atoms with E-state index < -0.39 is 0 Å². The highest BCUT2D eigenvalue weighted by Crippen LogP contribution is 2.36. The van der Waals surface area contributed by atoms with Crippen molar-refractivity contribution >= 4 is 15.9 Å². The number of aryl methyl sites for hydroxylation is 1. The van der Waals surface area contributed by atoms with Gasteiger partial charge in [-0.25, -0.2) is 0 Å². The van der Waals surface area contributed by atoms with Gasteiger partial charge in [-0.05, 0) is 68.3 Å². The molecule has 1 heterocycles. The zero-order valence-electron chi connectivity index (χ0n) is 11.5. The van der Waals surface area contributed by atoms with E-state index in [9.17, 15) is 0 Å². The van der Waals surface area contributed by atoms with E-state index in [1.54, 1.807) is 0 Å². The molecule has 2 aliphatic rings. The van der Waals surface area contributed by atoms with Crippen LogP contribution in [0.3, 0.4) is 0 Å². The van der Waals surface area contributed by atoms with E-state index in [1.807, 2.05) is 0 Å². The van der Waals surface area contributed by atoms with E-state index in [-0.39, 0.29) is 0 Å². The Hall–Kier alpha value is -0.540. The molecule has 3 rings (SSSR count). The zero-order chi connectivity index (χ0) is 13.2. The lowest BCUT2D eigenvalue weighted by atomic mass is 9.99. The molecule has 1 saturated carbocycles. The van der Waals surface area contributed by atoms with Crippen molar-refractivity contribution in [3.63, 3.8) is 0 Å². The van der Waals surface area contributed by atoms with Crippen LogP contribution in [0.25, 0.3) is 0 Å². The molecule has 0 aromatic heterocycles. The lowest BCUT2D eigenvalue weighted by molar-refractivity contribution is 0.352. The van der Waals surface area contributed by atoms with Gasteiger partial charge in [0, 0.05) is 16.9 Å². The Morgan fingerprint density at radius 2 is 2.26 bits per heavy atom. The number of hydrogen-bond acceptors (Lipinski definition) is 2. The predicted molar refractivity (Wildman–Crippen MR) is 81.9 cm³/mol. The number of ether oxygens (including phenoxy) is 1.